The number of hydrogen-bond donors (Lipinski definition) is 1. The van der Waals surface area contributed by atoms with Gasteiger partial charge < -0.3 is 10.2 Å². The third kappa shape index (κ3) is 4.06. The molecular formula is C13H16F3N5O4. The molecule has 1 amide bonds. The molecule has 1 N–H and O–H groups in total. The maximum atomic E-state index is 12.3. The second-order valence-corrected chi connectivity index (χ2v) is 5.64. The van der Waals surface area contributed by atoms with E-state index >= 15 is 0 Å². The van der Waals surface area contributed by atoms with Crippen LogP contribution in [0.15, 0.2) is 0 Å². The van der Waals surface area contributed by atoms with Crippen molar-refractivity contribution >= 4 is 23.7 Å². The Morgan fingerprint density at radius 2 is 2.08 bits per heavy atom. The van der Waals surface area contributed by atoms with Crippen LogP contribution >= 0.6 is 0 Å². The van der Waals surface area contributed by atoms with Gasteiger partial charge in [-0.3, -0.25) is 19.7 Å². The van der Waals surface area contributed by atoms with E-state index in [0.29, 0.717) is 19.4 Å². The van der Waals surface area contributed by atoms with Crippen LogP contribution in [0, 0.1) is 10.1 Å². The minimum absolute atomic E-state index is 0.120. The summed E-state index contributed by atoms with van der Waals surface area (Å²) >= 11 is 0. The highest BCUT2D eigenvalue weighted by Gasteiger charge is 2.40. The van der Waals surface area contributed by atoms with E-state index in [1.165, 1.54) is 11.7 Å². The zero-order valence-electron chi connectivity index (χ0n) is 13.2. The lowest BCUT2D eigenvalue weighted by molar-refractivity contribution is -0.384. The van der Waals surface area contributed by atoms with E-state index in [4.69, 9.17) is 0 Å². The summed E-state index contributed by atoms with van der Waals surface area (Å²) in [6.07, 6.45) is -3.76. The van der Waals surface area contributed by atoms with Crippen molar-refractivity contribution < 1.29 is 27.7 Å². The van der Waals surface area contributed by atoms with Crippen LogP contribution in [0.4, 0.5) is 24.7 Å². The molecule has 2 heterocycles. The average molecular weight is 363 g/mol. The Morgan fingerprint density at radius 1 is 1.40 bits per heavy atom. The van der Waals surface area contributed by atoms with Crippen LogP contribution in [0.2, 0.25) is 0 Å². The first-order valence-corrected chi connectivity index (χ1v) is 7.44. The van der Waals surface area contributed by atoms with Crippen molar-refractivity contribution in [3.05, 3.63) is 15.8 Å². The smallest absolute Gasteiger partial charge is 0.351 e. The Morgan fingerprint density at radius 3 is 2.64 bits per heavy atom. The van der Waals surface area contributed by atoms with Crippen LogP contribution in [-0.4, -0.2) is 52.2 Å². The van der Waals surface area contributed by atoms with Gasteiger partial charge in [-0.05, 0) is 19.3 Å². The summed E-state index contributed by atoms with van der Waals surface area (Å²) in [6.45, 7) is 0.512. The highest BCUT2D eigenvalue weighted by Crippen LogP contribution is 2.32. The molecule has 0 radical (unpaired) electrons. The van der Waals surface area contributed by atoms with Crippen molar-refractivity contribution in [3.63, 3.8) is 0 Å². The fourth-order valence-corrected chi connectivity index (χ4v) is 2.85. The normalized spacial score (nSPS) is 18.6. The zero-order chi connectivity index (χ0) is 18.8. The quantitative estimate of drug-likeness (QED) is 0.489. The van der Waals surface area contributed by atoms with Gasteiger partial charge >= 0.3 is 17.8 Å². The molecule has 1 fully saturated rings. The molecule has 1 saturated heterocycles. The van der Waals surface area contributed by atoms with Gasteiger partial charge in [-0.25, -0.2) is 4.68 Å². The molecule has 1 aromatic rings. The lowest BCUT2D eigenvalue weighted by Crippen LogP contribution is -2.43. The molecule has 138 valence electrons. The van der Waals surface area contributed by atoms with Gasteiger partial charge in [-0.15, -0.1) is 0 Å². The summed E-state index contributed by atoms with van der Waals surface area (Å²) in [5, 5.41) is 17.0. The number of aryl methyl sites for hydroxylation is 1. The number of carbonyl (C=O) groups is 2. The fourth-order valence-electron chi connectivity index (χ4n) is 2.85. The predicted molar refractivity (Wildman–Crippen MR) is 79.3 cm³/mol. The minimum Gasteiger partial charge on any atom is -0.351 e. The number of nitro groups is 1. The second kappa shape index (κ2) is 7.07. The molecule has 1 aliphatic heterocycles. The monoisotopic (exact) mass is 363 g/mol. The van der Waals surface area contributed by atoms with Gasteiger partial charge in [0, 0.05) is 26.2 Å². The summed E-state index contributed by atoms with van der Waals surface area (Å²) in [7, 11) is 1.45. The van der Waals surface area contributed by atoms with E-state index in [9.17, 15) is 32.9 Å². The van der Waals surface area contributed by atoms with Crippen molar-refractivity contribution in [2.24, 2.45) is 7.05 Å². The summed E-state index contributed by atoms with van der Waals surface area (Å²) in [5.41, 5.74) is -0.746. The molecule has 1 aromatic heterocycles. The molecule has 0 saturated carbocycles. The number of alkyl halides is 3. The number of aromatic nitrogens is 2. The Hall–Kier alpha value is -2.66. The van der Waals surface area contributed by atoms with E-state index in [0.717, 1.165) is 0 Å². The number of aldehydes is 1. The third-order valence-corrected chi connectivity index (χ3v) is 3.93. The molecule has 0 aromatic carbocycles. The molecule has 9 nitrogen and oxygen atoms in total. The van der Waals surface area contributed by atoms with Crippen molar-refractivity contribution in [1.82, 2.24) is 15.1 Å². The summed E-state index contributed by atoms with van der Waals surface area (Å²) in [6, 6.07) is -0.683. The Bertz CT molecular complexity index is 688. The van der Waals surface area contributed by atoms with Crippen LogP contribution in [-0.2, 0) is 11.8 Å². The number of hydrogen-bond acceptors (Lipinski definition) is 6. The zero-order valence-corrected chi connectivity index (χ0v) is 13.2. The second-order valence-electron chi connectivity index (χ2n) is 5.64. The van der Waals surface area contributed by atoms with Crippen molar-refractivity contribution in [1.29, 1.82) is 0 Å². The Balaban J connectivity index is 2.17. The largest absolute Gasteiger partial charge is 0.471 e. The molecule has 25 heavy (non-hydrogen) atoms. The van der Waals surface area contributed by atoms with Crippen LogP contribution in [0.1, 0.15) is 29.8 Å². The van der Waals surface area contributed by atoms with Gasteiger partial charge in [0.15, 0.2) is 6.29 Å². The number of nitrogens with zero attached hydrogens (tertiary/aromatic N) is 4. The summed E-state index contributed by atoms with van der Waals surface area (Å²) < 4.78 is 38.2. The first-order valence-electron chi connectivity index (χ1n) is 7.44. The third-order valence-electron chi connectivity index (χ3n) is 3.93. The fraction of sp³-hybridized carbons (Fsp3) is 0.615. The number of carbonyl (C=O) groups excluding carboxylic acids is 2. The van der Waals surface area contributed by atoms with Crippen LogP contribution in [0.5, 0.6) is 0 Å². The lowest BCUT2D eigenvalue weighted by Gasteiger charge is -2.22. The number of rotatable bonds is 4. The highest BCUT2D eigenvalue weighted by atomic mass is 19.4. The van der Waals surface area contributed by atoms with E-state index in [2.05, 4.69) is 5.10 Å². The van der Waals surface area contributed by atoms with E-state index in [-0.39, 0.29) is 30.8 Å². The van der Waals surface area contributed by atoms with Gasteiger partial charge in [0.25, 0.3) is 0 Å². The van der Waals surface area contributed by atoms with Crippen LogP contribution in [0.25, 0.3) is 0 Å². The summed E-state index contributed by atoms with van der Waals surface area (Å²) in [5.74, 6) is -1.88. The lowest BCUT2D eigenvalue weighted by atomic mass is 10.1. The first-order chi connectivity index (χ1) is 11.6. The van der Waals surface area contributed by atoms with E-state index in [1.54, 1.807) is 4.90 Å². The van der Waals surface area contributed by atoms with Gasteiger partial charge in [0.05, 0.1) is 4.92 Å². The van der Waals surface area contributed by atoms with Crippen molar-refractivity contribution in [2.75, 3.05) is 18.0 Å². The summed E-state index contributed by atoms with van der Waals surface area (Å²) in [4.78, 5) is 34.1. The molecule has 1 unspecified atom stereocenters. The average Bonchev–Trinajstić information content (AvgIpc) is 2.69. The van der Waals surface area contributed by atoms with Crippen molar-refractivity contribution in [2.45, 2.75) is 31.5 Å². The molecule has 1 aliphatic rings. The molecule has 0 bridgehead atoms. The van der Waals surface area contributed by atoms with Crippen LogP contribution in [0.3, 0.4) is 0 Å². The molecule has 1 atom stereocenters. The Kier molecular flexibility index (Phi) is 5.28. The molecule has 12 heteroatoms. The SMILES string of the molecule is Cn1nc(C=O)c([N+](=O)[O-])c1N1CCCC(NC(=O)C(F)(F)F)CC1. The predicted octanol–water partition coefficient (Wildman–Crippen LogP) is 1.18. The number of nitrogens with one attached hydrogen (secondary N) is 1. The molecule has 0 spiro atoms. The minimum atomic E-state index is -4.95. The van der Waals surface area contributed by atoms with Gasteiger partial charge in [0.2, 0.25) is 11.5 Å². The van der Waals surface area contributed by atoms with E-state index < -0.39 is 28.7 Å². The molecular weight excluding hydrogens is 347 g/mol. The van der Waals surface area contributed by atoms with Gasteiger partial charge in [-0.2, -0.15) is 18.3 Å². The van der Waals surface area contributed by atoms with Gasteiger partial charge in [0.1, 0.15) is 0 Å². The first kappa shape index (κ1) is 18.7. The van der Waals surface area contributed by atoms with Gasteiger partial charge in [-0.1, -0.05) is 0 Å². The number of amides is 1. The number of anilines is 1. The molecule has 0 aliphatic carbocycles. The number of halogens is 3. The van der Waals surface area contributed by atoms with E-state index in [1.807, 2.05) is 5.32 Å². The topological polar surface area (TPSA) is 110 Å². The Labute approximate surface area is 139 Å². The van der Waals surface area contributed by atoms with Crippen LogP contribution < -0.4 is 10.2 Å². The maximum absolute atomic E-state index is 12.3. The standard InChI is InChI=1S/C13H16F3N5O4/c1-19-11(10(21(24)25)9(7-22)18-19)20-5-2-3-8(4-6-20)17-12(23)13(14,15)16/h7-8H,2-6H2,1H3,(H,17,23). The molecule has 2 rings (SSSR count). The highest BCUT2D eigenvalue weighted by molar-refractivity contribution is 5.84. The van der Waals surface area contributed by atoms with Crippen molar-refractivity contribution in [3.8, 4) is 0 Å². The maximum Gasteiger partial charge on any atom is 0.471 e.